The Labute approximate surface area is 131 Å². The zero-order chi connectivity index (χ0) is 15.1. The summed E-state index contributed by atoms with van der Waals surface area (Å²) in [6.45, 7) is 2.56. The lowest BCUT2D eigenvalue weighted by molar-refractivity contribution is 0.0211. The molecule has 0 aromatic heterocycles. The maximum Gasteiger partial charge on any atom is 0.189 e. The van der Waals surface area contributed by atoms with Crippen molar-refractivity contribution < 1.29 is 19.0 Å². The Morgan fingerprint density at radius 2 is 1.90 bits per heavy atom. The Balaban J connectivity index is 2.32. The fraction of sp³-hybridized carbons (Fsp3) is 0.188. The molecule has 21 heavy (non-hydrogen) atoms. The second-order valence-electron chi connectivity index (χ2n) is 4.08. The van der Waals surface area contributed by atoms with E-state index in [0.29, 0.717) is 33.9 Å². The molecule has 0 saturated carbocycles. The quantitative estimate of drug-likeness (QED) is 0.421. The van der Waals surface area contributed by atoms with Gasteiger partial charge in [-0.1, -0.05) is 18.2 Å². The highest BCUT2D eigenvalue weighted by molar-refractivity contribution is 9.10. The van der Waals surface area contributed by atoms with Crippen LogP contribution in [0.1, 0.15) is 17.3 Å². The zero-order valence-electron chi connectivity index (χ0n) is 11.5. The van der Waals surface area contributed by atoms with Crippen molar-refractivity contribution in [2.45, 2.75) is 6.92 Å². The Morgan fingerprint density at radius 1 is 1.14 bits per heavy atom. The van der Waals surface area contributed by atoms with Crippen LogP contribution < -0.4 is 9.47 Å². The van der Waals surface area contributed by atoms with E-state index in [2.05, 4.69) is 15.9 Å². The van der Waals surface area contributed by atoms with Crippen molar-refractivity contribution in [3.63, 3.8) is 0 Å². The summed E-state index contributed by atoms with van der Waals surface area (Å²) in [5, 5.41) is 0. The van der Waals surface area contributed by atoms with Crippen molar-refractivity contribution in [3.8, 4) is 17.2 Å². The maximum absolute atomic E-state index is 11.1. The molecular weight excluding hydrogens is 336 g/mol. The van der Waals surface area contributed by atoms with E-state index >= 15 is 0 Å². The molecule has 0 aliphatic carbocycles. The van der Waals surface area contributed by atoms with Gasteiger partial charge < -0.3 is 14.2 Å². The van der Waals surface area contributed by atoms with Gasteiger partial charge in [0.1, 0.15) is 5.75 Å². The van der Waals surface area contributed by atoms with Gasteiger partial charge in [0, 0.05) is 12.2 Å². The van der Waals surface area contributed by atoms with E-state index in [1.807, 2.05) is 37.3 Å². The Hall–Kier alpha value is -1.85. The molecule has 0 spiro atoms. The van der Waals surface area contributed by atoms with Crippen molar-refractivity contribution in [2.24, 2.45) is 0 Å². The number of rotatable bonds is 7. The predicted molar refractivity (Wildman–Crippen MR) is 83.2 cm³/mol. The Kier molecular flexibility index (Phi) is 5.78. The molecule has 0 heterocycles. The van der Waals surface area contributed by atoms with E-state index in [9.17, 15) is 4.79 Å². The number of hydrogen-bond donors (Lipinski definition) is 0. The Bertz CT molecular complexity index is 599. The van der Waals surface area contributed by atoms with E-state index in [4.69, 9.17) is 14.2 Å². The van der Waals surface area contributed by atoms with Crippen LogP contribution in [0.2, 0.25) is 0 Å². The fourth-order valence-corrected chi connectivity index (χ4v) is 2.15. The largest absolute Gasteiger partial charge is 0.464 e. The van der Waals surface area contributed by atoms with Gasteiger partial charge in [-0.3, -0.25) is 4.79 Å². The van der Waals surface area contributed by atoms with Gasteiger partial charge >= 0.3 is 0 Å². The van der Waals surface area contributed by atoms with Gasteiger partial charge in [-0.05, 0) is 47.1 Å². The fourth-order valence-electron chi connectivity index (χ4n) is 1.65. The summed E-state index contributed by atoms with van der Waals surface area (Å²) in [6.07, 6.45) is 0.758. The van der Waals surface area contributed by atoms with Crippen LogP contribution in [0.15, 0.2) is 46.9 Å². The van der Waals surface area contributed by atoms with Crippen LogP contribution in [0.25, 0.3) is 0 Å². The first kappa shape index (κ1) is 15.5. The predicted octanol–water partition coefficient (Wildman–Crippen LogP) is 4.43. The van der Waals surface area contributed by atoms with E-state index in [0.717, 1.165) is 6.29 Å². The van der Waals surface area contributed by atoms with Gasteiger partial charge in [-0.15, -0.1) is 0 Å². The van der Waals surface area contributed by atoms with Crippen molar-refractivity contribution in [1.29, 1.82) is 0 Å². The van der Waals surface area contributed by atoms with Crippen LogP contribution in [-0.2, 0) is 4.74 Å². The molecule has 0 aliphatic rings. The molecule has 0 aliphatic heterocycles. The summed E-state index contributed by atoms with van der Waals surface area (Å²) in [4.78, 5) is 11.1. The van der Waals surface area contributed by atoms with Crippen LogP contribution in [0.3, 0.4) is 0 Å². The lowest BCUT2D eigenvalue weighted by atomic mass is 10.2. The minimum atomic E-state index is 0.120. The topological polar surface area (TPSA) is 44.8 Å². The number of carbonyl (C=O) groups is 1. The van der Waals surface area contributed by atoms with Gasteiger partial charge in [0.05, 0.1) is 4.47 Å². The molecule has 0 unspecified atom stereocenters. The molecule has 2 aromatic carbocycles. The molecule has 5 heteroatoms. The van der Waals surface area contributed by atoms with Crippen LogP contribution in [0.5, 0.6) is 17.2 Å². The first-order chi connectivity index (χ1) is 10.3. The van der Waals surface area contributed by atoms with Crippen molar-refractivity contribution in [2.75, 3.05) is 13.4 Å². The second kappa shape index (κ2) is 7.81. The molecule has 0 fully saturated rings. The molecule has 2 rings (SSSR count). The van der Waals surface area contributed by atoms with Crippen LogP contribution in [0.4, 0.5) is 0 Å². The standard InChI is InChI=1S/C16H15BrO4/c1-2-19-11-20-14-9-8-12(10-18)15(17)16(14)21-13-6-4-3-5-7-13/h3-10H,2,11H2,1H3. The van der Waals surface area contributed by atoms with Crippen LogP contribution in [0, 0.1) is 0 Å². The average Bonchev–Trinajstić information content (AvgIpc) is 2.52. The van der Waals surface area contributed by atoms with Crippen molar-refractivity contribution >= 4 is 22.2 Å². The van der Waals surface area contributed by atoms with Crippen LogP contribution >= 0.6 is 15.9 Å². The zero-order valence-corrected chi connectivity index (χ0v) is 13.1. The number of para-hydroxylation sites is 1. The molecule has 0 amide bonds. The van der Waals surface area contributed by atoms with Gasteiger partial charge in [0.15, 0.2) is 24.6 Å². The van der Waals surface area contributed by atoms with E-state index in [-0.39, 0.29) is 6.79 Å². The van der Waals surface area contributed by atoms with Gasteiger partial charge in [0.25, 0.3) is 0 Å². The molecule has 0 bridgehead atoms. The maximum atomic E-state index is 11.1. The third-order valence-corrected chi connectivity index (χ3v) is 3.50. The smallest absolute Gasteiger partial charge is 0.189 e. The molecule has 0 N–H and O–H groups in total. The van der Waals surface area contributed by atoms with Crippen LogP contribution in [-0.4, -0.2) is 19.7 Å². The molecule has 2 aromatic rings. The van der Waals surface area contributed by atoms with Gasteiger partial charge in [-0.25, -0.2) is 0 Å². The third kappa shape index (κ3) is 4.06. The number of aldehydes is 1. The summed E-state index contributed by atoms with van der Waals surface area (Å²) in [6, 6.07) is 12.6. The monoisotopic (exact) mass is 350 g/mol. The highest BCUT2D eigenvalue weighted by Crippen LogP contribution is 2.40. The van der Waals surface area contributed by atoms with Gasteiger partial charge in [-0.2, -0.15) is 0 Å². The van der Waals surface area contributed by atoms with E-state index in [1.54, 1.807) is 12.1 Å². The first-order valence-electron chi connectivity index (χ1n) is 6.47. The molecule has 0 atom stereocenters. The summed E-state index contributed by atoms with van der Waals surface area (Å²) >= 11 is 3.38. The summed E-state index contributed by atoms with van der Waals surface area (Å²) in [7, 11) is 0. The minimum absolute atomic E-state index is 0.120. The second-order valence-corrected chi connectivity index (χ2v) is 4.88. The number of halogens is 1. The Morgan fingerprint density at radius 3 is 2.57 bits per heavy atom. The average molecular weight is 351 g/mol. The SMILES string of the molecule is CCOCOc1ccc(C=O)c(Br)c1Oc1ccccc1. The molecule has 4 nitrogen and oxygen atoms in total. The van der Waals surface area contributed by atoms with E-state index < -0.39 is 0 Å². The van der Waals surface area contributed by atoms with Crippen molar-refractivity contribution in [1.82, 2.24) is 0 Å². The minimum Gasteiger partial charge on any atom is -0.464 e. The lowest BCUT2D eigenvalue weighted by Gasteiger charge is -2.15. The normalized spacial score (nSPS) is 10.2. The molecule has 0 saturated heterocycles. The summed E-state index contributed by atoms with van der Waals surface area (Å²) in [5.41, 5.74) is 0.490. The first-order valence-corrected chi connectivity index (χ1v) is 7.26. The van der Waals surface area contributed by atoms with Crippen molar-refractivity contribution in [3.05, 3.63) is 52.5 Å². The third-order valence-electron chi connectivity index (χ3n) is 2.68. The van der Waals surface area contributed by atoms with Gasteiger partial charge in [0.2, 0.25) is 0 Å². The number of carbonyl (C=O) groups excluding carboxylic acids is 1. The number of benzene rings is 2. The highest BCUT2D eigenvalue weighted by atomic mass is 79.9. The molecule has 0 radical (unpaired) electrons. The summed E-state index contributed by atoms with van der Waals surface area (Å²) in [5.74, 6) is 1.61. The molecule has 110 valence electrons. The summed E-state index contributed by atoms with van der Waals surface area (Å²) < 4.78 is 17.1. The van der Waals surface area contributed by atoms with E-state index in [1.165, 1.54) is 0 Å². The highest BCUT2D eigenvalue weighted by Gasteiger charge is 2.15. The lowest BCUT2D eigenvalue weighted by Crippen LogP contribution is -2.04. The number of ether oxygens (including phenoxy) is 3. The molecular formula is C16H15BrO4. The number of hydrogen-bond acceptors (Lipinski definition) is 4.